The van der Waals surface area contributed by atoms with Crippen molar-refractivity contribution in [2.75, 3.05) is 31.3 Å². The molecule has 0 aromatic heterocycles. The van der Waals surface area contributed by atoms with Gasteiger partial charge in [-0.25, -0.2) is 8.42 Å². The Kier molecular flexibility index (Phi) is 7.61. The van der Waals surface area contributed by atoms with Crippen LogP contribution in [0.1, 0.15) is 44.2 Å². The number of amides is 1. The van der Waals surface area contributed by atoms with E-state index in [9.17, 15) is 13.2 Å². The van der Waals surface area contributed by atoms with E-state index in [1.165, 1.54) is 10.6 Å². The molecule has 1 heterocycles. The fourth-order valence-electron chi connectivity index (χ4n) is 3.24. The van der Waals surface area contributed by atoms with Gasteiger partial charge in [-0.05, 0) is 36.8 Å². The molecule has 146 valence electrons. The summed E-state index contributed by atoms with van der Waals surface area (Å²) in [6.45, 7) is 5.27. The van der Waals surface area contributed by atoms with E-state index in [-0.39, 0.29) is 25.0 Å². The lowest BCUT2D eigenvalue weighted by Crippen LogP contribution is -2.38. The molecule has 0 saturated carbocycles. The van der Waals surface area contributed by atoms with Crippen LogP contribution < -0.4 is 5.32 Å². The molecule has 26 heavy (non-hydrogen) atoms. The van der Waals surface area contributed by atoms with Crippen molar-refractivity contribution < 1.29 is 17.9 Å². The lowest BCUT2D eigenvalue weighted by atomic mass is 10.0. The number of carbonyl (C=O) groups excluding carboxylic acids is 1. The van der Waals surface area contributed by atoms with E-state index in [4.69, 9.17) is 4.74 Å². The Morgan fingerprint density at radius 2 is 1.92 bits per heavy atom. The van der Waals surface area contributed by atoms with Crippen molar-refractivity contribution in [3.05, 3.63) is 29.3 Å². The highest BCUT2D eigenvalue weighted by molar-refractivity contribution is 7.88. The number of benzene rings is 1. The molecule has 1 unspecified atom stereocenters. The zero-order valence-electron chi connectivity index (χ0n) is 16.0. The van der Waals surface area contributed by atoms with Crippen molar-refractivity contribution >= 4 is 21.6 Å². The Balaban J connectivity index is 2.00. The van der Waals surface area contributed by atoms with E-state index in [0.29, 0.717) is 13.2 Å². The standard InChI is InChI=1S/C19H30N2O4S/c1-4-15-8-6-9-16(5-2)19(15)20-18(22)11-12-21(26(3,23)24)14-17-10-7-13-25-17/h6,8-9,17H,4-5,7,10-14H2,1-3H3,(H,20,22). The molecule has 0 spiro atoms. The molecule has 0 bridgehead atoms. The van der Waals surface area contributed by atoms with Gasteiger partial charge >= 0.3 is 0 Å². The average Bonchev–Trinajstić information content (AvgIpc) is 3.10. The zero-order chi connectivity index (χ0) is 19.2. The van der Waals surface area contributed by atoms with Gasteiger partial charge in [0, 0.05) is 31.8 Å². The molecule has 1 aliphatic heterocycles. The third-order valence-electron chi connectivity index (χ3n) is 4.75. The van der Waals surface area contributed by atoms with Crippen LogP contribution in [0.4, 0.5) is 5.69 Å². The molecule has 2 rings (SSSR count). The molecule has 1 aromatic carbocycles. The Bertz CT molecular complexity index is 690. The molecule has 1 saturated heterocycles. The van der Waals surface area contributed by atoms with Crippen LogP contribution in [0.2, 0.25) is 0 Å². The number of hydrogen-bond acceptors (Lipinski definition) is 4. The zero-order valence-corrected chi connectivity index (χ0v) is 16.8. The highest BCUT2D eigenvalue weighted by Crippen LogP contribution is 2.23. The Labute approximate surface area is 157 Å². The summed E-state index contributed by atoms with van der Waals surface area (Å²) in [5, 5.41) is 2.99. The maximum absolute atomic E-state index is 12.5. The minimum absolute atomic E-state index is 0.0692. The third-order valence-corrected chi connectivity index (χ3v) is 6.02. The first-order chi connectivity index (χ1) is 12.3. The van der Waals surface area contributed by atoms with Crippen LogP contribution in [-0.4, -0.2) is 50.7 Å². The van der Waals surface area contributed by atoms with Gasteiger partial charge in [0.25, 0.3) is 0 Å². The number of hydrogen-bond donors (Lipinski definition) is 1. The van der Waals surface area contributed by atoms with Crippen LogP contribution in [0.25, 0.3) is 0 Å². The number of carbonyl (C=O) groups is 1. The largest absolute Gasteiger partial charge is 0.377 e. The molecule has 0 radical (unpaired) electrons. The van der Waals surface area contributed by atoms with Gasteiger partial charge in [-0.3, -0.25) is 4.79 Å². The maximum Gasteiger partial charge on any atom is 0.225 e. The first-order valence-electron chi connectivity index (χ1n) is 9.32. The summed E-state index contributed by atoms with van der Waals surface area (Å²) in [7, 11) is -3.37. The average molecular weight is 383 g/mol. The number of ether oxygens (including phenoxy) is 1. The van der Waals surface area contributed by atoms with E-state index in [1.807, 2.05) is 18.2 Å². The van der Waals surface area contributed by atoms with Crippen LogP contribution in [0, 0.1) is 0 Å². The molecule has 7 heteroatoms. The topological polar surface area (TPSA) is 75.7 Å². The molecule has 6 nitrogen and oxygen atoms in total. The van der Waals surface area contributed by atoms with Crippen molar-refractivity contribution in [3.8, 4) is 0 Å². The molecule has 1 aromatic rings. The number of rotatable bonds is 9. The highest BCUT2D eigenvalue weighted by Gasteiger charge is 2.25. The van der Waals surface area contributed by atoms with E-state index >= 15 is 0 Å². The SMILES string of the molecule is CCc1cccc(CC)c1NC(=O)CCN(CC1CCCO1)S(C)(=O)=O. The van der Waals surface area contributed by atoms with Crippen molar-refractivity contribution in [1.82, 2.24) is 4.31 Å². The molecule has 1 amide bonds. The predicted molar refractivity (Wildman–Crippen MR) is 104 cm³/mol. The monoisotopic (exact) mass is 382 g/mol. The lowest BCUT2D eigenvalue weighted by Gasteiger charge is -2.23. The van der Waals surface area contributed by atoms with Gasteiger partial charge in [-0.1, -0.05) is 32.0 Å². The minimum atomic E-state index is -3.37. The van der Waals surface area contributed by atoms with Gasteiger partial charge in [0.1, 0.15) is 0 Å². The van der Waals surface area contributed by atoms with Crippen molar-refractivity contribution in [2.24, 2.45) is 0 Å². The number of nitrogens with one attached hydrogen (secondary N) is 1. The molecular weight excluding hydrogens is 352 g/mol. The van der Waals surface area contributed by atoms with E-state index in [1.54, 1.807) is 0 Å². The van der Waals surface area contributed by atoms with Crippen molar-refractivity contribution in [2.45, 2.75) is 52.1 Å². The highest BCUT2D eigenvalue weighted by atomic mass is 32.2. The van der Waals surface area contributed by atoms with Crippen LogP contribution >= 0.6 is 0 Å². The first kappa shape index (κ1) is 20.9. The first-order valence-corrected chi connectivity index (χ1v) is 11.2. The fraction of sp³-hybridized carbons (Fsp3) is 0.632. The summed E-state index contributed by atoms with van der Waals surface area (Å²) in [5.41, 5.74) is 3.06. The second kappa shape index (κ2) is 9.48. The second-order valence-electron chi connectivity index (χ2n) is 6.71. The lowest BCUT2D eigenvalue weighted by molar-refractivity contribution is -0.116. The molecule has 1 N–H and O–H groups in total. The fourth-order valence-corrected chi connectivity index (χ4v) is 4.10. The van der Waals surface area contributed by atoms with E-state index < -0.39 is 10.0 Å². The molecule has 0 aliphatic carbocycles. The number of nitrogens with zero attached hydrogens (tertiary/aromatic N) is 1. The van der Waals surface area contributed by atoms with Crippen molar-refractivity contribution in [3.63, 3.8) is 0 Å². The summed E-state index contributed by atoms with van der Waals surface area (Å²) in [5.74, 6) is -0.165. The molecular formula is C19H30N2O4S. The maximum atomic E-state index is 12.5. The second-order valence-corrected chi connectivity index (χ2v) is 8.70. The summed E-state index contributed by atoms with van der Waals surface area (Å²) < 4.78 is 31.0. The number of para-hydroxylation sites is 1. The van der Waals surface area contributed by atoms with Gasteiger partial charge in [0.05, 0.1) is 12.4 Å². The smallest absolute Gasteiger partial charge is 0.225 e. The quantitative estimate of drug-likeness (QED) is 0.712. The predicted octanol–water partition coefficient (Wildman–Crippen LogP) is 2.58. The Morgan fingerprint density at radius 1 is 1.27 bits per heavy atom. The molecule has 1 atom stereocenters. The van der Waals surface area contributed by atoms with Crippen LogP contribution in [-0.2, 0) is 32.4 Å². The van der Waals surface area contributed by atoms with Crippen LogP contribution in [0.3, 0.4) is 0 Å². The van der Waals surface area contributed by atoms with Gasteiger partial charge in [0.2, 0.25) is 15.9 Å². The molecule has 1 aliphatic rings. The van der Waals surface area contributed by atoms with Crippen LogP contribution in [0.15, 0.2) is 18.2 Å². The third kappa shape index (κ3) is 5.79. The Hall–Kier alpha value is -1.44. The van der Waals surface area contributed by atoms with Gasteiger partial charge < -0.3 is 10.1 Å². The summed E-state index contributed by atoms with van der Waals surface area (Å²) in [6.07, 6.45) is 4.72. The van der Waals surface area contributed by atoms with E-state index in [0.717, 1.165) is 42.5 Å². The van der Waals surface area contributed by atoms with Gasteiger partial charge in [-0.15, -0.1) is 0 Å². The van der Waals surface area contributed by atoms with Crippen LogP contribution in [0.5, 0.6) is 0 Å². The van der Waals surface area contributed by atoms with Gasteiger partial charge in [0.15, 0.2) is 0 Å². The van der Waals surface area contributed by atoms with E-state index in [2.05, 4.69) is 19.2 Å². The minimum Gasteiger partial charge on any atom is -0.377 e. The number of sulfonamides is 1. The number of anilines is 1. The van der Waals surface area contributed by atoms with Crippen molar-refractivity contribution in [1.29, 1.82) is 0 Å². The summed E-state index contributed by atoms with van der Waals surface area (Å²) in [4.78, 5) is 12.5. The Morgan fingerprint density at radius 3 is 2.42 bits per heavy atom. The number of aryl methyl sites for hydroxylation is 2. The summed E-state index contributed by atoms with van der Waals surface area (Å²) in [6, 6.07) is 6.02. The summed E-state index contributed by atoms with van der Waals surface area (Å²) >= 11 is 0. The normalized spacial score (nSPS) is 17.6. The molecule has 1 fully saturated rings. The van der Waals surface area contributed by atoms with Gasteiger partial charge in [-0.2, -0.15) is 4.31 Å².